The van der Waals surface area contributed by atoms with Crippen LogP contribution >= 0.6 is 28.1 Å². The minimum Gasteiger partial charge on any atom is -0.433 e. The van der Waals surface area contributed by atoms with Crippen LogP contribution in [0.1, 0.15) is 5.56 Å². The van der Waals surface area contributed by atoms with Gasteiger partial charge in [0.25, 0.3) is 0 Å². The molecule has 3 nitrogen and oxygen atoms in total. The van der Waals surface area contributed by atoms with Gasteiger partial charge >= 0.3 is 6.61 Å². The number of hydrogen-bond acceptors (Lipinski definition) is 3. The molecule has 110 valence electrons. The molecule has 0 heterocycles. The quantitative estimate of drug-likeness (QED) is 0.762. The largest absolute Gasteiger partial charge is 0.433 e. The van der Waals surface area contributed by atoms with Crippen molar-refractivity contribution in [1.82, 2.24) is 0 Å². The molecule has 0 aliphatic heterocycles. The Bertz CT molecular complexity index is 667. The van der Waals surface area contributed by atoms with Gasteiger partial charge in [-0.25, -0.2) is 0 Å². The van der Waals surface area contributed by atoms with E-state index in [-0.39, 0.29) is 10.7 Å². The highest BCUT2D eigenvalue weighted by atomic mass is 79.9. The fourth-order valence-corrected chi connectivity index (χ4v) is 2.29. The fourth-order valence-electron chi connectivity index (χ4n) is 1.75. The highest BCUT2D eigenvalue weighted by Crippen LogP contribution is 2.31. The van der Waals surface area contributed by atoms with E-state index in [9.17, 15) is 8.78 Å². The van der Waals surface area contributed by atoms with Gasteiger partial charge in [-0.1, -0.05) is 40.3 Å². The maximum Gasteiger partial charge on any atom is 0.387 e. The Labute approximate surface area is 134 Å². The molecular weight excluding hydrogens is 362 g/mol. The summed E-state index contributed by atoms with van der Waals surface area (Å²) in [5.41, 5.74) is 7.27. The lowest BCUT2D eigenvalue weighted by molar-refractivity contribution is -0.0493. The molecule has 0 amide bonds. The predicted octanol–water partition coefficient (Wildman–Crippen LogP) is 4.43. The zero-order valence-electron chi connectivity index (χ0n) is 10.6. The molecule has 0 bridgehead atoms. The molecule has 0 radical (unpaired) electrons. The summed E-state index contributed by atoms with van der Waals surface area (Å²) in [4.78, 5) is 0.206. The van der Waals surface area contributed by atoms with Crippen LogP contribution in [-0.4, -0.2) is 11.6 Å². The van der Waals surface area contributed by atoms with Crippen molar-refractivity contribution in [3.05, 3.63) is 52.5 Å². The first-order valence-electron chi connectivity index (χ1n) is 5.87. The van der Waals surface area contributed by atoms with Gasteiger partial charge in [0.2, 0.25) is 0 Å². The SMILES string of the molecule is NC(=S)c1ccc(Br)cc1Nc1ccccc1OC(F)F. The van der Waals surface area contributed by atoms with Crippen LogP contribution in [0.5, 0.6) is 5.75 Å². The van der Waals surface area contributed by atoms with Crippen LogP contribution < -0.4 is 15.8 Å². The molecular formula is C14H11BrF2N2OS. The molecule has 0 saturated heterocycles. The van der Waals surface area contributed by atoms with E-state index in [0.717, 1.165) is 4.47 Å². The molecule has 3 N–H and O–H groups in total. The summed E-state index contributed by atoms with van der Waals surface area (Å²) in [7, 11) is 0. The van der Waals surface area contributed by atoms with Gasteiger partial charge in [-0.2, -0.15) is 8.78 Å². The van der Waals surface area contributed by atoms with Gasteiger partial charge < -0.3 is 15.8 Å². The van der Waals surface area contributed by atoms with Gasteiger partial charge in [0.15, 0.2) is 0 Å². The Morgan fingerprint density at radius 3 is 2.57 bits per heavy atom. The zero-order chi connectivity index (χ0) is 15.4. The predicted molar refractivity (Wildman–Crippen MR) is 86.4 cm³/mol. The van der Waals surface area contributed by atoms with Gasteiger partial charge in [0.05, 0.1) is 5.69 Å². The Hall–Kier alpha value is -1.73. The van der Waals surface area contributed by atoms with Crippen LogP contribution in [0.2, 0.25) is 0 Å². The summed E-state index contributed by atoms with van der Waals surface area (Å²) in [5.74, 6) is 0.0429. The summed E-state index contributed by atoms with van der Waals surface area (Å²) in [6.45, 7) is -2.90. The van der Waals surface area contributed by atoms with Crippen LogP contribution in [0.4, 0.5) is 20.2 Å². The summed E-state index contributed by atoms with van der Waals surface area (Å²) in [5, 5.41) is 3.01. The van der Waals surface area contributed by atoms with E-state index < -0.39 is 6.61 Å². The molecule has 0 aliphatic carbocycles. The fraction of sp³-hybridized carbons (Fsp3) is 0.0714. The van der Waals surface area contributed by atoms with E-state index in [1.807, 2.05) is 0 Å². The highest BCUT2D eigenvalue weighted by molar-refractivity contribution is 9.10. The molecule has 7 heteroatoms. The van der Waals surface area contributed by atoms with Crippen molar-refractivity contribution in [2.45, 2.75) is 6.61 Å². The molecule has 0 unspecified atom stereocenters. The topological polar surface area (TPSA) is 47.3 Å². The van der Waals surface area contributed by atoms with E-state index in [2.05, 4.69) is 26.0 Å². The second kappa shape index (κ2) is 6.82. The maximum atomic E-state index is 12.4. The van der Waals surface area contributed by atoms with Crippen molar-refractivity contribution < 1.29 is 13.5 Å². The molecule has 2 aromatic carbocycles. The first kappa shape index (κ1) is 15.7. The molecule has 2 rings (SSSR count). The van der Waals surface area contributed by atoms with Crippen LogP contribution in [0.15, 0.2) is 46.9 Å². The lowest BCUT2D eigenvalue weighted by atomic mass is 10.1. The van der Waals surface area contributed by atoms with Crippen molar-refractivity contribution >= 4 is 44.5 Å². The molecule has 21 heavy (non-hydrogen) atoms. The van der Waals surface area contributed by atoms with Crippen molar-refractivity contribution in [2.75, 3.05) is 5.32 Å². The van der Waals surface area contributed by atoms with Crippen LogP contribution in [0.3, 0.4) is 0 Å². The highest BCUT2D eigenvalue weighted by Gasteiger charge is 2.12. The summed E-state index contributed by atoms with van der Waals surface area (Å²) in [6, 6.07) is 11.7. The first-order chi connectivity index (χ1) is 9.97. The van der Waals surface area contributed by atoms with Gasteiger partial charge in [0.1, 0.15) is 10.7 Å². The number of thiocarbonyl (C=S) groups is 1. The monoisotopic (exact) mass is 372 g/mol. The number of rotatable bonds is 5. The van der Waals surface area contributed by atoms with E-state index >= 15 is 0 Å². The average Bonchev–Trinajstić information content (AvgIpc) is 2.40. The van der Waals surface area contributed by atoms with Crippen molar-refractivity contribution in [1.29, 1.82) is 0 Å². The third-order valence-electron chi connectivity index (χ3n) is 2.62. The Kier molecular flexibility index (Phi) is 5.08. The minimum absolute atomic E-state index is 0.0429. The standard InChI is InChI=1S/C14H11BrF2N2OS/c15-8-5-6-9(13(18)21)11(7-8)19-10-3-1-2-4-12(10)20-14(16)17/h1-7,14,19H,(H2,18,21). The lowest BCUT2D eigenvalue weighted by Crippen LogP contribution is -2.12. The molecule has 2 aromatic rings. The third-order valence-corrected chi connectivity index (χ3v) is 3.33. The summed E-state index contributed by atoms with van der Waals surface area (Å²) in [6.07, 6.45) is 0. The van der Waals surface area contributed by atoms with Gasteiger partial charge in [-0.05, 0) is 30.3 Å². The van der Waals surface area contributed by atoms with Crippen LogP contribution in [0, 0.1) is 0 Å². The molecule has 0 fully saturated rings. The third kappa shape index (κ3) is 4.12. The molecule has 0 spiro atoms. The van der Waals surface area contributed by atoms with Crippen molar-refractivity contribution in [3.8, 4) is 5.75 Å². The summed E-state index contributed by atoms with van der Waals surface area (Å²) < 4.78 is 30.1. The molecule has 0 aliphatic rings. The van der Waals surface area contributed by atoms with Gasteiger partial charge in [-0.15, -0.1) is 0 Å². The number of benzene rings is 2. The molecule has 0 atom stereocenters. The smallest absolute Gasteiger partial charge is 0.387 e. The second-order valence-electron chi connectivity index (χ2n) is 4.05. The van der Waals surface area contributed by atoms with E-state index in [1.54, 1.807) is 36.4 Å². The van der Waals surface area contributed by atoms with Crippen LogP contribution in [0.25, 0.3) is 0 Å². The molecule has 0 saturated carbocycles. The number of ether oxygens (including phenoxy) is 1. The number of anilines is 2. The number of hydrogen-bond donors (Lipinski definition) is 2. The Morgan fingerprint density at radius 1 is 1.19 bits per heavy atom. The van der Waals surface area contributed by atoms with E-state index in [4.69, 9.17) is 18.0 Å². The average molecular weight is 373 g/mol. The molecule has 0 aromatic heterocycles. The summed E-state index contributed by atoms with van der Waals surface area (Å²) >= 11 is 8.33. The Morgan fingerprint density at radius 2 is 1.90 bits per heavy atom. The number of alkyl halides is 2. The number of nitrogens with two attached hydrogens (primary N) is 1. The van der Waals surface area contributed by atoms with Crippen LogP contribution in [-0.2, 0) is 0 Å². The lowest BCUT2D eigenvalue weighted by Gasteiger charge is -2.15. The minimum atomic E-state index is -2.90. The van der Waals surface area contributed by atoms with Gasteiger partial charge in [-0.3, -0.25) is 0 Å². The normalized spacial score (nSPS) is 10.5. The van der Waals surface area contributed by atoms with Crippen molar-refractivity contribution in [2.24, 2.45) is 5.73 Å². The van der Waals surface area contributed by atoms with Crippen molar-refractivity contribution in [3.63, 3.8) is 0 Å². The number of halogens is 3. The second-order valence-corrected chi connectivity index (χ2v) is 5.41. The van der Waals surface area contributed by atoms with E-state index in [1.165, 1.54) is 6.07 Å². The maximum absolute atomic E-state index is 12.4. The Balaban J connectivity index is 2.38. The number of nitrogens with one attached hydrogen (secondary N) is 1. The van der Waals surface area contributed by atoms with Gasteiger partial charge in [0, 0.05) is 15.7 Å². The zero-order valence-corrected chi connectivity index (χ0v) is 13.0. The van der Waals surface area contributed by atoms with E-state index in [0.29, 0.717) is 16.9 Å². The number of para-hydroxylation sites is 2. The first-order valence-corrected chi connectivity index (χ1v) is 7.07.